The SMILES string of the molecule is NC1(CNC(=O)[C@H]2CCCO2)CCCCC1. The molecule has 1 heterocycles. The molecule has 4 nitrogen and oxygen atoms in total. The lowest BCUT2D eigenvalue weighted by molar-refractivity contribution is -0.130. The molecule has 2 rings (SSSR count). The van der Waals surface area contributed by atoms with Crippen LogP contribution in [0.2, 0.25) is 0 Å². The second kappa shape index (κ2) is 5.15. The molecule has 2 fully saturated rings. The molecule has 0 radical (unpaired) electrons. The first-order chi connectivity index (χ1) is 7.70. The Morgan fingerprint density at radius 1 is 1.31 bits per heavy atom. The number of carbonyl (C=O) groups excluding carboxylic acids is 1. The fourth-order valence-electron chi connectivity index (χ4n) is 2.59. The van der Waals surface area contributed by atoms with Gasteiger partial charge in [0.2, 0.25) is 5.91 Å². The van der Waals surface area contributed by atoms with Gasteiger partial charge < -0.3 is 15.8 Å². The van der Waals surface area contributed by atoms with Crippen LogP contribution in [0.15, 0.2) is 0 Å². The maximum atomic E-state index is 11.7. The van der Waals surface area contributed by atoms with Crippen LogP contribution in [-0.4, -0.2) is 30.7 Å². The number of nitrogens with one attached hydrogen (secondary N) is 1. The van der Waals surface area contributed by atoms with Gasteiger partial charge >= 0.3 is 0 Å². The van der Waals surface area contributed by atoms with Gasteiger partial charge in [0.1, 0.15) is 6.10 Å². The van der Waals surface area contributed by atoms with Gasteiger partial charge in [-0.2, -0.15) is 0 Å². The standard InChI is InChI=1S/C12H22N2O2/c13-12(6-2-1-3-7-12)9-14-11(15)10-5-4-8-16-10/h10H,1-9,13H2,(H,14,15)/t10-/m1/s1. The van der Waals surface area contributed by atoms with Crippen molar-refractivity contribution in [1.29, 1.82) is 0 Å². The van der Waals surface area contributed by atoms with E-state index in [2.05, 4.69) is 5.32 Å². The number of amides is 1. The van der Waals surface area contributed by atoms with Gasteiger partial charge in [-0.25, -0.2) is 0 Å². The molecular weight excluding hydrogens is 204 g/mol. The molecule has 0 bridgehead atoms. The van der Waals surface area contributed by atoms with Crippen LogP contribution in [0.25, 0.3) is 0 Å². The minimum Gasteiger partial charge on any atom is -0.368 e. The Balaban J connectivity index is 1.75. The lowest BCUT2D eigenvalue weighted by Gasteiger charge is -2.33. The molecule has 0 aromatic rings. The van der Waals surface area contributed by atoms with Gasteiger partial charge in [0, 0.05) is 18.7 Å². The molecule has 16 heavy (non-hydrogen) atoms. The number of hydrogen-bond acceptors (Lipinski definition) is 3. The molecular formula is C12H22N2O2. The Morgan fingerprint density at radius 2 is 2.06 bits per heavy atom. The molecule has 92 valence electrons. The summed E-state index contributed by atoms with van der Waals surface area (Å²) in [5.41, 5.74) is 6.08. The third-order valence-electron chi connectivity index (χ3n) is 3.69. The summed E-state index contributed by atoms with van der Waals surface area (Å²) in [7, 11) is 0. The van der Waals surface area contributed by atoms with Crippen LogP contribution < -0.4 is 11.1 Å². The first kappa shape index (κ1) is 11.9. The van der Waals surface area contributed by atoms with Gasteiger partial charge in [0.05, 0.1) is 0 Å². The van der Waals surface area contributed by atoms with E-state index in [1.807, 2.05) is 0 Å². The van der Waals surface area contributed by atoms with Crippen molar-refractivity contribution < 1.29 is 9.53 Å². The molecule has 1 atom stereocenters. The Kier molecular flexibility index (Phi) is 3.82. The highest BCUT2D eigenvalue weighted by Gasteiger charge is 2.30. The van der Waals surface area contributed by atoms with Crippen molar-refractivity contribution in [2.75, 3.05) is 13.2 Å². The van der Waals surface area contributed by atoms with E-state index in [4.69, 9.17) is 10.5 Å². The van der Waals surface area contributed by atoms with Crippen molar-refractivity contribution in [3.8, 4) is 0 Å². The molecule has 0 unspecified atom stereocenters. The summed E-state index contributed by atoms with van der Waals surface area (Å²) in [5.74, 6) is 0.0212. The van der Waals surface area contributed by atoms with E-state index in [-0.39, 0.29) is 17.6 Å². The van der Waals surface area contributed by atoms with E-state index in [0.29, 0.717) is 13.2 Å². The van der Waals surface area contributed by atoms with Crippen molar-refractivity contribution in [2.24, 2.45) is 5.73 Å². The fourth-order valence-corrected chi connectivity index (χ4v) is 2.59. The molecule has 2 aliphatic rings. The third-order valence-corrected chi connectivity index (χ3v) is 3.69. The molecule has 0 aromatic heterocycles. The summed E-state index contributed by atoms with van der Waals surface area (Å²) in [6.45, 7) is 1.32. The van der Waals surface area contributed by atoms with Crippen LogP contribution >= 0.6 is 0 Å². The molecule has 1 saturated carbocycles. The van der Waals surface area contributed by atoms with Crippen molar-refractivity contribution in [2.45, 2.75) is 56.6 Å². The summed E-state index contributed by atoms with van der Waals surface area (Å²) >= 11 is 0. The van der Waals surface area contributed by atoms with E-state index in [9.17, 15) is 4.79 Å². The summed E-state index contributed by atoms with van der Waals surface area (Å²) in [6.07, 6.45) is 7.32. The smallest absolute Gasteiger partial charge is 0.249 e. The predicted molar refractivity (Wildman–Crippen MR) is 62.0 cm³/mol. The van der Waals surface area contributed by atoms with Crippen LogP contribution in [-0.2, 0) is 9.53 Å². The van der Waals surface area contributed by atoms with Crippen LogP contribution in [0.5, 0.6) is 0 Å². The Hall–Kier alpha value is -0.610. The summed E-state index contributed by atoms with van der Waals surface area (Å²) < 4.78 is 5.33. The average molecular weight is 226 g/mol. The largest absolute Gasteiger partial charge is 0.368 e. The van der Waals surface area contributed by atoms with E-state index in [0.717, 1.165) is 25.7 Å². The number of carbonyl (C=O) groups is 1. The second-order valence-electron chi connectivity index (χ2n) is 5.14. The Bertz CT molecular complexity index is 243. The maximum absolute atomic E-state index is 11.7. The number of ether oxygens (including phenoxy) is 1. The fraction of sp³-hybridized carbons (Fsp3) is 0.917. The highest BCUT2D eigenvalue weighted by molar-refractivity contribution is 5.81. The lowest BCUT2D eigenvalue weighted by atomic mass is 9.82. The van der Waals surface area contributed by atoms with Crippen LogP contribution in [0.3, 0.4) is 0 Å². The molecule has 0 spiro atoms. The first-order valence-electron chi connectivity index (χ1n) is 6.38. The first-order valence-corrected chi connectivity index (χ1v) is 6.38. The van der Waals surface area contributed by atoms with E-state index in [1.54, 1.807) is 0 Å². The highest BCUT2D eigenvalue weighted by Crippen LogP contribution is 2.25. The summed E-state index contributed by atoms with van der Waals surface area (Å²) in [6, 6.07) is 0. The predicted octanol–water partition coefficient (Wildman–Crippen LogP) is 0.943. The average Bonchev–Trinajstić information content (AvgIpc) is 2.80. The van der Waals surface area contributed by atoms with Gasteiger partial charge in [-0.1, -0.05) is 19.3 Å². The van der Waals surface area contributed by atoms with Gasteiger partial charge in [-0.15, -0.1) is 0 Å². The Morgan fingerprint density at radius 3 is 2.69 bits per heavy atom. The van der Waals surface area contributed by atoms with E-state index in [1.165, 1.54) is 19.3 Å². The van der Waals surface area contributed by atoms with Crippen LogP contribution in [0.1, 0.15) is 44.9 Å². The van der Waals surface area contributed by atoms with Crippen molar-refractivity contribution in [1.82, 2.24) is 5.32 Å². The minimum atomic E-state index is -0.229. The normalized spacial score (nSPS) is 28.9. The van der Waals surface area contributed by atoms with Gasteiger partial charge in [0.15, 0.2) is 0 Å². The molecule has 1 aliphatic heterocycles. The molecule has 1 aliphatic carbocycles. The van der Waals surface area contributed by atoms with E-state index >= 15 is 0 Å². The van der Waals surface area contributed by atoms with E-state index < -0.39 is 0 Å². The van der Waals surface area contributed by atoms with Gasteiger partial charge in [-0.3, -0.25) is 4.79 Å². The lowest BCUT2D eigenvalue weighted by Crippen LogP contribution is -2.52. The molecule has 4 heteroatoms. The molecule has 0 aromatic carbocycles. The number of rotatable bonds is 3. The minimum absolute atomic E-state index is 0.0212. The number of hydrogen-bond donors (Lipinski definition) is 2. The van der Waals surface area contributed by atoms with Crippen LogP contribution in [0.4, 0.5) is 0 Å². The molecule has 3 N–H and O–H groups in total. The van der Waals surface area contributed by atoms with Crippen LogP contribution in [0, 0.1) is 0 Å². The topological polar surface area (TPSA) is 64.3 Å². The van der Waals surface area contributed by atoms with Gasteiger partial charge in [-0.05, 0) is 25.7 Å². The van der Waals surface area contributed by atoms with Crippen molar-refractivity contribution >= 4 is 5.91 Å². The van der Waals surface area contributed by atoms with Crippen molar-refractivity contribution in [3.63, 3.8) is 0 Å². The second-order valence-corrected chi connectivity index (χ2v) is 5.14. The molecule has 1 amide bonds. The monoisotopic (exact) mass is 226 g/mol. The Labute approximate surface area is 96.9 Å². The quantitative estimate of drug-likeness (QED) is 0.753. The zero-order valence-corrected chi connectivity index (χ0v) is 9.84. The zero-order chi connectivity index (χ0) is 11.4. The zero-order valence-electron chi connectivity index (χ0n) is 9.84. The highest BCUT2D eigenvalue weighted by atomic mass is 16.5. The summed E-state index contributed by atoms with van der Waals surface area (Å²) in [4.78, 5) is 11.7. The van der Waals surface area contributed by atoms with Crippen molar-refractivity contribution in [3.05, 3.63) is 0 Å². The third kappa shape index (κ3) is 2.95. The summed E-state index contributed by atoms with van der Waals surface area (Å²) in [5, 5.41) is 2.95. The molecule has 1 saturated heterocycles. The maximum Gasteiger partial charge on any atom is 0.249 e. The number of nitrogens with two attached hydrogens (primary N) is 1. The van der Waals surface area contributed by atoms with Gasteiger partial charge in [0.25, 0.3) is 0 Å².